The minimum absolute atomic E-state index is 0.0340. The number of piperidine rings is 1. The lowest BCUT2D eigenvalue weighted by Crippen LogP contribution is -2.37. The summed E-state index contributed by atoms with van der Waals surface area (Å²) in [4.78, 5) is 32.5. The summed E-state index contributed by atoms with van der Waals surface area (Å²) in [5, 5.41) is 3.04. The fourth-order valence-corrected chi connectivity index (χ4v) is 4.61. The molecule has 0 bridgehead atoms. The molecule has 1 aromatic carbocycles. The van der Waals surface area contributed by atoms with E-state index < -0.39 is 0 Å². The van der Waals surface area contributed by atoms with E-state index in [-0.39, 0.29) is 17.7 Å². The molecule has 4 rings (SSSR count). The number of furan rings is 1. The first-order valence-corrected chi connectivity index (χ1v) is 12.9. The van der Waals surface area contributed by atoms with Crippen molar-refractivity contribution < 1.29 is 18.7 Å². The highest BCUT2D eigenvalue weighted by Gasteiger charge is 2.27. The standard InChI is InChI=1S/C30H35N3O4/c1-5-36-27-9-7-6-8-24(27)19-31-30(35)26-12-10-21(3)32-29(26)23-14-16-33(17-15-23)28(34)13-11-25-18-20(2)22(4)37-25/h6-13,18,23H,5,14-17,19H2,1-4H3,(H,31,35)/b13-11+. The smallest absolute Gasteiger partial charge is 0.253 e. The van der Waals surface area contributed by atoms with Crippen molar-refractivity contribution in [1.29, 1.82) is 0 Å². The van der Waals surface area contributed by atoms with Crippen LogP contribution in [0.25, 0.3) is 6.08 Å². The number of hydrogen-bond acceptors (Lipinski definition) is 5. The first kappa shape index (κ1) is 26.2. The van der Waals surface area contributed by atoms with E-state index in [1.54, 1.807) is 12.2 Å². The van der Waals surface area contributed by atoms with E-state index in [0.717, 1.165) is 46.9 Å². The molecule has 0 saturated carbocycles. The highest BCUT2D eigenvalue weighted by molar-refractivity contribution is 5.95. The van der Waals surface area contributed by atoms with Gasteiger partial charge in [-0.2, -0.15) is 0 Å². The lowest BCUT2D eigenvalue weighted by atomic mass is 9.89. The van der Waals surface area contributed by atoms with Gasteiger partial charge in [0.2, 0.25) is 5.91 Å². The van der Waals surface area contributed by atoms with Crippen molar-refractivity contribution in [2.24, 2.45) is 0 Å². The summed E-state index contributed by atoms with van der Waals surface area (Å²) >= 11 is 0. The largest absolute Gasteiger partial charge is 0.494 e. The minimum Gasteiger partial charge on any atom is -0.494 e. The van der Waals surface area contributed by atoms with Crippen LogP contribution in [0, 0.1) is 20.8 Å². The zero-order valence-electron chi connectivity index (χ0n) is 22.0. The number of benzene rings is 1. The molecule has 0 aliphatic carbocycles. The Labute approximate surface area is 218 Å². The first-order valence-electron chi connectivity index (χ1n) is 12.9. The molecule has 0 spiro atoms. The monoisotopic (exact) mass is 501 g/mol. The summed E-state index contributed by atoms with van der Waals surface area (Å²) in [6, 6.07) is 13.4. The molecule has 7 heteroatoms. The second-order valence-electron chi connectivity index (χ2n) is 9.43. The molecular weight excluding hydrogens is 466 g/mol. The molecule has 7 nitrogen and oxygen atoms in total. The molecule has 1 N–H and O–H groups in total. The summed E-state index contributed by atoms with van der Waals surface area (Å²) in [5.41, 5.74) is 4.27. The van der Waals surface area contributed by atoms with Crippen molar-refractivity contribution in [2.45, 2.75) is 53.0 Å². The fourth-order valence-electron chi connectivity index (χ4n) is 4.61. The third-order valence-corrected chi connectivity index (χ3v) is 6.79. The Hall–Kier alpha value is -3.87. The van der Waals surface area contributed by atoms with E-state index in [1.807, 2.05) is 75.1 Å². The molecule has 1 saturated heterocycles. The molecule has 1 aliphatic rings. The Morgan fingerprint density at radius 3 is 2.59 bits per heavy atom. The van der Waals surface area contributed by atoms with Crippen molar-refractivity contribution in [3.05, 3.63) is 88.1 Å². The number of rotatable bonds is 8. The van der Waals surface area contributed by atoms with Gasteiger partial charge in [0.25, 0.3) is 5.91 Å². The van der Waals surface area contributed by atoms with E-state index in [4.69, 9.17) is 14.1 Å². The number of likely N-dealkylation sites (tertiary alicyclic amines) is 1. The average Bonchev–Trinajstić information content (AvgIpc) is 3.23. The van der Waals surface area contributed by atoms with Gasteiger partial charge in [-0.05, 0) is 76.4 Å². The summed E-state index contributed by atoms with van der Waals surface area (Å²) in [6.45, 7) is 9.93. The third kappa shape index (κ3) is 6.47. The van der Waals surface area contributed by atoms with Gasteiger partial charge in [0.05, 0.1) is 17.9 Å². The van der Waals surface area contributed by atoms with Crippen molar-refractivity contribution in [3.63, 3.8) is 0 Å². The van der Waals surface area contributed by atoms with Crippen LogP contribution < -0.4 is 10.1 Å². The molecule has 2 aromatic heterocycles. The van der Waals surface area contributed by atoms with Crippen LogP contribution in [0.2, 0.25) is 0 Å². The Morgan fingerprint density at radius 2 is 1.89 bits per heavy atom. The molecule has 0 radical (unpaired) electrons. The number of hydrogen-bond donors (Lipinski definition) is 1. The average molecular weight is 502 g/mol. The van der Waals surface area contributed by atoms with Crippen LogP contribution in [0.3, 0.4) is 0 Å². The number of ether oxygens (including phenoxy) is 1. The van der Waals surface area contributed by atoms with Crippen LogP contribution in [0.1, 0.15) is 70.1 Å². The van der Waals surface area contributed by atoms with Gasteiger partial charge in [-0.15, -0.1) is 0 Å². The van der Waals surface area contributed by atoms with Crippen molar-refractivity contribution in [2.75, 3.05) is 19.7 Å². The Kier molecular flexibility index (Phi) is 8.43. The Bertz CT molecular complexity index is 1270. The number of para-hydroxylation sites is 1. The second kappa shape index (κ2) is 11.9. The molecule has 194 valence electrons. The molecule has 0 unspecified atom stereocenters. The quantitative estimate of drug-likeness (QED) is 0.421. The molecule has 3 aromatic rings. The second-order valence-corrected chi connectivity index (χ2v) is 9.43. The predicted octanol–water partition coefficient (Wildman–Crippen LogP) is 5.35. The minimum atomic E-state index is -0.153. The van der Waals surface area contributed by atoms with E-state index in [9.17, 15) is 9.59 Å². The molecule has 1 fully saturated rings. The van der Waals surface area contributed by atoms with E-state index in [1.165, 1.54) is 0 Å². The maximum absolute atomic E-state index is 13.2. The van der Waals surface area contributed by atoms with Crippen LogP contribution in [-0.2, 0) is 11.3 Å². The number of nitrogens with one attached hydrogen (secondary N) is 1. The highest BCUT2D eigenvalue weighted by atomic mass is 16.5. The summed E-state index contributed by atoms with van der Waals surface area (Å²) < 4.78 is 11.3. The number of nitrogens with zero attached hydrogens (tertiary/aromatic N) is 2. The highest BCUT2D eigenvalue weighted by Crippen LogP contribution is 2.30. The molecule has 2 amide bonds. The fraction of sp³-hybridized carbons (Fsp3) is 0.367. The Balaban J connectivity index is 1.40. The third-order valence-electron chi connectivity index (χ3n) is 6.79. The Morgan fingerprint density at radius 1 is 1.14 bits per heavy atom. The topological polar surface area (TPSA) is 84.7 Å². The van der Waals surface area contributed by atoms with Crippen LogP contribution >= 0.6 is 0 Å². The first-order chi connectivity index (χ1) is 17.9. The number of amides is 2. The normalized spacial score (nSPS) is 14.2. The van der Waals surface area contributed by atoms with Gasteiger partial charge in [-0.25, -0.2) is 0 Å². The van der Waals surface area contributed by atoms with Crippen LogP contribution in [0.4, 0.5) is 0 Å². The van der Waals surface area contributed by atoms with Crippen LogP contribution in [-0.4, -0.2) is 41.4 Å². The van der Waals surface area contributed by atoms with Gasteiger partial charge in [0, 0.05) is 42.9 Å². The molecular formula is C30H35N3O4. The van der Waals surface area contributed by atoms with Gasteiger partial charge < -0.3 is 19.4 Å². The summed E-state index contributed by atoms with van der Waals surface area (Å²) in [6.07, 6.45) is 4.80. The molecule has 37 heavy (non-hydrogen) atoms. The number of pyridine rings is 1. The molecule has 3 heterocycles. The maximum atomic E-state index is 13.2. The van der Waals surface area contributed by atoms with Crippen LogP contribution in [0.5, 0.6) is 5.75 Å². The zero-order chi connectivity index (χ0) is 26.4. The zero-order valence-corrected chi connectivity index (χ0v) is 22.0. The lowest BCUT2D eigenvalue weighted by molar-refractivity contribution is -0.127. The van der Waals surface area contributed by atoms with Crippen molar-refractivity contribution in [3.8, 4) is 5.75 Å². The summed E-state index contributed by atoms with van der Waals surface area (Å²) in [7, 11) is 0. The van der Waals surface area contributed by atoms with Gasteiger partial charge in [-0.1, -0.05) is 18.2 Å². The molecule has 0 atom stereocenters. The van der Waals surface area contributed by atoms with Gasteiger partial charge in [-0.3, -0.25) is 14.6 Å². The predicted molar refractivity (Wildman–Crippen MR) is 144 cm³/mol. The number of carbonyl (C=O) groups excluding carboxylic acids is 2. The number of aromatic nitrogens is 1. The maximum Gasteiger partial charge on any atom is 0.253 e. The van der Waals surface area contributed by atoms with E-state index in [0.29, 0.717) is 37.6 Å². The van der Waals surface area contributed by atoms with E-state index in [2.05, 4.69) is 5.32 Å². The number of carbonyl (C=O) groups is 2. The van der Waals surface area contributed by atoms with Gasteiger partial charge >= 0.3 is 0 Å². The molecule has 1 aliphatic heterocycles. The van der Waals surface area contributed by atoms with E-state index >= 15 is 0 Å². The van der Waals surface area contributed by atoms with Crippen molar-refractivity contribution in [1.82, 2.24) is 15.2 Å². The SMILES string of the molecule is CCOc1ccccc1CNC(=O)c1ccc(C)nc1C1CCN(C(=O)/C=C/c2cc(C)c(C)o2)CC1. The number of aryl methyl sites for hydroxylation is 3. The van der Waals surface area contributed by atoms with Crippen LogP contribution in [0.15, 0.2) is 53.0 Å². The van der Waals surface area contributed by atoms with Gasteiger partial charge in [0.1, 0.15) is 17.3 Å². The lowest BCUT2D eigenvalue weighted by Gasteiger charge is -2.32. The summed E-state index contributed by atoms with van der Waals surface area (Å²) in [5.74, 6) is 2.24. The van der Waals surface area contributed by atoms with Gasteiger partial charge in [0.15, 0.2) is 0 Å². The van der Waals surface area contributed by atoms with Crippen molar-refractivity contribution >= 4 is 17.9 Å².